The van der Waals surface area contributed by atoms with Crippen molar-refractivity contribution in [1.29, 1.82) is 0 Å². The van der Waals surface area contributed by atoms with Gasteiger partial charge in [0.15, 0.2) is 0 Å². The molecule has 1 aliphatic rings. The van der Waals surface area contributed by atoms with Gasteiger partial charge in [-0.2, -0.15) is 0 Å². The van der Waals surface area contributed by atoms with E-state index in [1.165, 1.54) is 5.56 Å². The molecule has 114 valence electrons. The summed E-state index contributed by atoms with van der Waals surface area (Å²) in [5.41, 5.74) is 2.00. The molecule has 0 aromatic heterocycles. The van der Waals surface area contributed by atoms with Gasteiger partial charge in [-0.05, 0) is 36.5 Å². The van der Waals surface area contributed by atoms with E-state index in [0.29, 0.717) is 17.2 Å². The smallest absolute Gasteiger partial charge is 0.257 e. The van der Waals surface area contributed by atoms with Gasteiger partial charge in [-0.3, -0.25) is 4.79 Å². The summed E-state index contributed by atoms with van der Waals surface area (Å²) in [6.07, 6.45) is 2.10. The molecule has 0 saturated carbocycles. The van der Waals surface area contributed by atoms with Gasteiger partial charge in [-0.25, -0.2) is 0 Å². The van der Waals surface area contributed by atoms with Gasteiger partial charge < -0.3 is 9.64 Å². The number of amides is 1. The summed E-state index contributed by atoms with van der Waals surface area (Å²) in [6, 6.07) is 17.9. The van der Waals surface area contributed by atoms with Crippen LogP contribution in [0.2, 0.25) is 0 Å². The van der Waals surface area contributed by atoms with Crippen LogP contribution in [0, 0.1) is 5.92 Å². The van der Waals surface area contributed by atoms with E-state index in [2.05, 4.69) is 24.3 Å². The average Bonchev–Trinajstić information content (AvgIpc) is 3.03. The number of benzene rings is 2. The Balaban J connectivity index is 1.66. The largest absolute Gasteiger partial charge is 0.496 e. The van der Waals surface area contributed by atoms with E-state index in [4.69, 9.17) is 4.74 Å². The van der Waals surface area contributed by atoms with Crippen LogP contribution in [0.25, 0.3) is 0 Å². The molecule has 0 radical (unpaired) electrons. The van der Waals surface area contributed by atoms with E-state index >= 15 is 0 Å². The molecule has 22 heavy (non-hydrogen) atoms. The highest BCUT2D eigenvalue weighted by Crippen LogP contribution is 2.25. The Kier molecular flexibility index (Phi) is 4.42. The number of hydrogen-bond donors (Lipinski definition) is 0. The van der Waals surface area contributed by atoms with Gasteiger partial charge in [0.25, 0.3) is 5.91 Å². The Bertz CT molecular complexity index is 639. The molecule has 1 heterocycles. The van der Waals surface area contributed by atoms with Gasteiger partial charge in [0.05, 0.1) is 12.7 Å². The predicted octanol–water partition coefficient (Wildman–Crippen LogP) is 3.40. The van der Waals surface area contributed by atoms with E-state index in [9.17, 15) is 4.79 Å². The number of ether oxygens (including phenoxy) is 1. The molecule has 1 atom stereocenters. The van der Waals surface area contributed by atoms with Crippen LogP contribution < -0.4 is 4.74 Å². The van der Waals surface area contributed by atoms with E-state index in [1.54, 1.807) is 7.11 Å². The lowest BCUT2D eigenvalue weighted by atomic mass is 9.99. The van der Waals surface area contributed by atoms with Crippen LogP contribution >= 0.6 is 0 Å². The average molecular weight is 295 g/mol. The molecule has 0 bridgehead atoms. The highest BCUT2D eigenvalue weighted by Gasteiger charge is 2.28. The van der Waals surface area contributed by atoms with Crippen LogP contribution in [0.3, 0.4) is 0 Å². The number of carbonyl (C=O) groups is 1. The Labute approximate surface area is 131 Å². The highest BCUT2D eigenvalue weighted by molar-refractivity contribution is 5.97. The van der Waals surface area contributed by atoms with Crippen molar-refractivity contribution in [1.82, 2.24) is 4.90 Å². The molecular formula is C19H21NO2. The van der Waals surface area contributed by atoms with Crippen LogP contribution in [0.1, 0.15) is 22.3 Å². The second-order valence-electron chi connectivity index (χ2n) is 5.80. The number of likely N-dealkylation sites (tertiary alicyclic amines) is 1. The van der Waals surface area contributed by atoms with Crippen molar-refractivity contribution in [2.75, 3.05) is 20.2 Å². The van der Waals surface area contributed by atoms with Crippen LogP contribution in [-0.2, 0) is 6.42 Å². The van der Waals surface area contributed by atoms with Crippen molar-refractivity contribution in [3.63, 3.8) is 0 Å². The SMILES string of the molecule is COc1ccccc1C(=O)N1CCC(Cc2ccccc2)C1. The fourth-order valence-electron chi connectivity index (χ4n) is 3.12. The summed E-state index contributed by atoms with van der Waals surface area (Å²) in [6.45, 7) is 1.65. The summed E-state index contributed by atoms with van der Waals surface area (Å²) >= 11 is 0. The molecular weight excluding hydrogens is 274 g/mol. The van der Waals surface area contributed by atoms with Crippen molar-refractivity contribution >= 4 is 5.91 Å². The van der Waals surface area contributed by atoms with Gasteiger partial charge in [0.1, 0.15) is 5.75 Å². The summed E-state index contributed by atoms with van der Waals surface area (Å²) in [5, 5.41) is 0. The van der Waals surface area contributed by atoms with Gasteiger partial charge in [0, 0.05) is 13.1 Å². The van der Waals surface area contributed by atoms with E-state index in [1.807, 2.05) is 35.2 Å². The van der Waals surface area contributed by atoms with Gasteiger partial charge in [0.2, 0.25) is 0 Å². The van der Waals surface area contributed by atoms with Crippen LogP contribution in [0.4, 0.5) is 0 Å². The lowest BCUT2D eigenvalue weighted by molar-refractivity contribution is 0.0783. The maximum absolute atomic E-state index is 12.7. The number of nitrogens with zero attached hydrogens (tertiary/aromatic N) is 1. The molecule has 0 spiro atoms. The first kappa shape index (κ1) is 14.6. The molecule has 1 amide bonds. The van der Waals surface area contributed by atoms with Crippen LogP contribution in [0.5, 0.6) is 5.75 Å². The summed E-state index contributed by atoms with van der Waals surface area (Å²) in [7, 11) is 1.61. The minimum absolute atomic E-state index is 0.0769. The zero-order valence-electron chi connectivity index (χ0n) is 12.9. The van der Waals surface area contributed by atoms with Crippen molar-refractivity contribution in [3.8, 4) is 5.75 Å². The first-order valence-corrected chi connectivity index (χ1v) is 7.74. The van der Waals surface area contributed by atoms with Crippen molar-refractivity contribution in [3.05, 3.63) is 65.7 Å². The van der Waals surface area contributed by atoms with Crippen LogP contribution in [-0.4, -0.2) is 31.0 Å². The van der Waals surface area contributed by atoms with E-state index < -0.39 is 0 Å². The standard InChI is InChI=1S/C19H21NO2/c1-22-18-10-6-5-9-17(18)19(21)20-12-11-16(14-20)13-15-7-3-2-4-8-15/h2-10,16H,11-14H2,1H3. The van der Waals surface area contributed by atoms with Gasteiger partial charge in [-0.15, -0.1) is 0 Å². The monoisotopic (exact) mass is 295 g/mol. The maximum atomic E-state index is 12.7. The van der Waals surface area contributed by atoms with Gasteiger partial charge >= 0.3 is 0 Å². The summed E-state index contributed by atoms with van der Waals surface area (Å²) < 4.78 is 5.30. The number of rotatable bonds is 4. The molecule has 0 aliphatic carbocycles. The second kappa shape index (κ2) is 6.65. The predicted molar refractivity (Wildman–Crippen MR) is 87.2 cm³/mol. The fraction of sp³-hybridized carbons (Fsp3) is 0.316. The first-order chi connectivity index (χ1) is 10.8. The number of hydrogen-bond acceptors (Lipinski definition) is 2. The maximum Gasteiger partial charge on any atom is 0.257 e. The number of methoxy groups -OCH3 is 1. The van der Waals surface area contributed by atoms with Crippen molar-refractivity contribution < 1.29 is 9.53 Å². The molecule has 3 heteroatoms. The van der Waals surface area contributed by atoms with E-state index in [-0.39, 0.29) is 5.91 Å². The molecule has 0 N–H and O–H groups in total. The topological polar surface area (TPSA) is 29.5 Å². The molecule has 2 aromatic rings. The lowest BCUT2D eigenvalue weighted by Crippen LogP contribution is -2.29. The number of carbonyl (C=O) groups excluding carboxylic acids is 1. The normalized spacial score (nSPS) is 17.5. The fourth-order valence-corrected chi connectivity index (χ4v) is 3.12. The molecule has 3 rings (SSSR count). The Morgan fingerprint density at radius 3 is 2.64 bits per heavy atom. The van der Waals surface area contributed by atoms with Gasteiger partial charge in [-0.1, -0.05) is 42.5 Å². The molecule has 1 fully saturated rings. The molecule has 1 unspecified atom stereocenters. The third-order valence-electron chi connectivity index (χ3n) is 4.28. The Morgan fingerprint density at radius 2 is 1.86 bits per heavy atom. The molecule has 2 aromatic carbocycles. The summed E-state index contributed by atoms with van der Waals surface area (Å²) in [5.74, 6) is 1.27. The minimum Gasteiger partial charge on any atom is -0.496 e. The third kappa shape index (κ3) is 3.14. The Hall–Kier alpha value is -2.29. The molecule has 3 nitrogen and oxygen atoms in total. The first-order valence-electron chi connectivity index (χ1n) is 7.74. The summed E-state index contributed by atoms with van der Waals surface area (Å²) in [4.78, 5) is 14.6. The number of para-hydroxylation sites is 1. The van der Waals surface area contributed by atoms with Crippen molar-refractivity contribution in [2.45, 2.75) is 12.8 Å². The molecule has 1 aliphatic heterocycles. The zero-order chi connectivity index (χ0) is 15.4. The minimum atomic E-state index is 0.0769. The highest BCUT2D eigenvalue weighted by atomic mass is 16.5. The zero-order valence-corrected chi connectivity index (χ0v) is 12.9. The second-order valence-corrected chi connectivity index (χ2v) is 5.80. The molecule has 1 saturated heterocycles. The Morgan fingerprint density at radius 1 is 1.14 bits per heavy atom. The van der Waals surface area contributed by atoms with Crippen molar-refractivity contribution in [2.24, 2.45) is 5.92 Å². The third-order valence-corrected chi connectivity index (χ3v) is 4.28. The van der Waals surface area contributed by atoms with Crippen LogP contribution in [0.15, 0.2) is 54.6 Å². The lowest BCUT2D eigenvalue weighted by Gasteiger charge is -2.18. The van der Waals surface area contributed by atoms with E-state index in [0.717, 1.165) is 25.9 Å². The quantitative estimate of drug-likeness (QED) is 0.865.